The van der Waals surface area contributed by atoms with Crippen molar-refractivity contribution in [3.05, 3.63) is 59.2 Å². The maximum atomic E-state index is 12.8. The summed E-state index contributed by atoms with van der Waals surface area (Å²) < 4.78 is 11.2. The molecule has 1 N–H and O–H groups in total. The zero-order chi connectivity index (χ0) is 20.0. The third kappa shape index (κ3) is 6.02. The van der Waals surface area contributed by atoms with Gasteiger partial charge in [-0.3, -0.25) is 4.79 Å². The lowest BCUT2D eigenvalue weighted by molar-refractivity contribution is -0.128. The number of hydrogen-bond donors (Lipinski definition) is 1. The molecular formula is C23H31NO3. The lowest BCUT2D eigenvalue weighted by Crippen LogP contribution is -2.39. The van der Waals surface area contributed by atoms with Crippen LogP contribution < -0.4 is 14.8 Å². The molecule has 4 heteroatoms. The number of carbonyl (C=O) groups excluding carboxylic acids is 1. The van der Waals surface area contributed by atoms with E-state index in [9.17, 15) is 4.79 Å². The highest BCUT2D eigenvalue weighted by atomic mass is 16.5. The number of nitrogens with one attached hydrogen (secondary N) is 1. The second-order valence-corrected chi connectivity index (χ2v) is 7.49. The van der Waals surface area contributed by atoms with E-state index >= 15 is 0 Å². The fraction of sp³-hybridized carbons (Fsp3) is 0.435. The third-order valence-electron chi connectivity index (χ3n) is 4.56. The summed E-state index contributed by atoms with van der Waals surface area (Å²) in [5, 5.41) is 3.15. The van der Waals surface area contributed by atoms with E-state index in [1.54, 1.807) is 14.0 Å². The third-order valence-corrected chi connectivity index (χ3v) is 4.56. The number of methoxy groups -OCH3 is 1. The average Bonchev–Trinajstić information content (AvgIpc) is 2.63. The number of aryl methyl sites for hydroxylation is 2. The van der Waals surface area contributed by atoms with E-state index in [1.807, 2.05) is 56.3 Å². The molecule has 2 aromatic rings. The van der Waals surface area contributed by atoms with Gasteiger partial charge in [0, 0.05) is 0 Å². The summed E-state index contributed by atoms with van der Waals surface area (Å²) >= 11 is 0. The molecule has 0 aliphatic heterocycles. The van der Waals surface area contributed by atoms with E-state index in [0.29, 0.717) is 5.92 Å². The largest absolute Gasteiger partial charge is 0.497 e. The highest BCUT2D eigenvalue weighted by molar-refractivity contribution is 5.81. The van der Waals surface area contributed by atoms with Crippen LogP contribution >= 0.6 is 0 Å². The highest BCUT2D eigenvalue weighted by Gasteiger charge is 2.21. The summed E-state index contributed by atoms with van der Waals surface area (Å²) in [6.45, 7) is 10.1. The molecule has 146 valence electrons. The average molecular weight is 370 g/mol. The van der Waals surface area contributed by atoms with Gasteiger partial charge in [-0.15, -0.1) is 0 Å². The van der Waals surface area contributed by atoms with Crippen molar-refractivity contribution in [3.8, 4) is 11.5 Å². The van der Waals surface area contributed by atoms with E-state index in [1.165, 1.54) is 0 Å². The molecular weight excluding hydrogens is 338 g/mol. The van der Waals surface area contributed by atoms with Crippen LogP contribution in [0.4, 0.5) is 0 Å². The second-order valence-electron chi connectivity index (χ2n) is 7.49. The van der Waals surface area contributed by atoms with Crippen LogP contribution in [0.3, 0.4) is 0 Å². The summed E-state index contributed by atoms with van der Waals surface area (Å²) in [6.07, 6.45) is 0.285. The topological polar surface area (TPSA) is 47.6 Å². The maximum absolute atomic E-state index is 12.8. The summed E-state index contributed by atoms with van der Waals surface area (Å²) in [5.41, 5.74) is 3.20. The molecule has 27 heavy (non-hydrogen) atoms. The Morgan fingerprint density at radius 2 is 1.70 bits per heavy atom. The fourth-order valence-corrected chi connectivity index (χ4v) is 2.95. The monoisotopic (exact) mass is 369 g/mol. The molecule has 0 heterocycles. The lowest BCUT2D eigenvalue weighted by atomic mass is 9.96. The van der Waals surface area contributed by atoms with Gasteiger partial charge in [0.25, 0.3) is 5.91 Å². The van der Waals surface area contributed by atoms with Crippen molar-refractivity contribution in [3.63, 3.8) is 0 Å². The summed E-state index contributed by atoms with van der Waals surface area (Å²) in [6, 6.07) is 13.8. The van der Waals surface area contributed by atoms with Gasteiger partial charge in [0.1, 0.15) is 11.5 Å². The van der Waals surface area contributed by atoms with E-state index in [4.69, 9.17) is 9.47 Å². The Hall–Kier alpha value is -2.49. The maximum Gasteiger partial charge on any atom is 0.261 e. The first-order valence-corrected chi connectivity index (χ1v) is 9.48. The molecule has 0 saturated heterocycles. The minimum atomic E-state index is -0.571. The predicted octanol–water partition coefficient (Wildman–Crippen LogP) is 4.98. The zero-order valence-electron chi connectivity index (χ0n) is 17.2. The number of rotatable bonds is 8. The van der Waals surface area contributed by atoms with E-state index < -0.39 is 6.10 Å². The fourth-order valence-electron chi connectivity index (χ4n) is 2.95. The smallest absolute Gasteiger partial charge is 0.261 e. The molecule has 0 aromatic heterocycles. The van der Waals surface area contributed by atoms with Crippen molar-refractivity contribution >= 4 is 5.91 Å². The van der Waals surface area contributed by atoms with Crippen molar-refractivity contribution < 1.29 is 14.3 Å². The standard InChI is InChI=1S/C23H31NO3/c1-15(2)13-21(19-9-11-20(26-6)12-10-19)24-23(25)18(5)27-22-14-16(3)7-8-17(22)4/h7-12,14-15,18,21H,13H2,1-6H3,(H,24,25). The number of hydrogen-bond acceptors (Lipinski definition) is 3. The number of ether oxygens (including phenoxy) is 2. The van der Waals surface area contributed by atoms with E-state index in [-0.39, 0.29) is 11.9 Å². The Balaban J connectivity index is 2.10. The minimum absolute atomic E-state index is 0.0620. The van der Waals surface area contributed by atoms with Crippen molar-refractivity contribution in [2.45, 2.75) is 53.2 Å². The molecule has 2 atom stereocenters. The molecule has 2 rings (SSSR count). The minimum Gasteiger partial charge on any atom is -0.497 e. The van der Waals surface area contributed by atoms with Gasteiger partial charge in [0.05, 0.1) is 13.2 Å². The molecule has 0 saturated carbocycles. The van der Waals surface area contributed by atoms with Gasteiger partial charge in [0.2, 0.25) is 0 Å². The van der Waals surface area contributed by atoms with Crippen LogP contribution in [-0.2, 0) is 4.79 Å². The Bertz CT molecular complexity index is 753. The first-order chi connectivity index (χ1) is 12.8. The van der Waals surface area contributed by atoms with Crippen LogP contribution in [0, 0.1) is 19.8 Å². The number of benzene rings is 2. The van der Waals surface area contributed by atoms with Crippen molar-refractivity contribution in [1.82, 2.24) is 5.32 Å². The SMILES string of the molecule is COc1ccc(C(CC(C)C)NC(=O)C(C)Oc2cc(C)ccc2C)cc1. The van der Waals surface area contributed by atoms with Crippen LogP contribution in [0.1, 0.15) is 49.9 Å². The van der Waals surface area contributed by atoms with Crippen LogP contribution in [-0.4, -0.2) is 19.1 Å². The lowest BCUT2D eigenvalue weighted by Gasteiger charge is -2.24. The van der Waals surface area contributed by atoms with Gasteiger partial charge in [-0.2, -0.15) is 0 Å². The number of carbonyl (C=O) groups is 1. The molecule has 0 spiro atoms. The van der Waals surface area contributed by atoms with Crippen LogP contribution in [0.2, 0.25) is 0 Å². The van der Waals surface area contributed by atoms with Gasteiger partial charge in [-0.25, -0.2) is 0 Å². The quantitative estimate of drug-likeness (QED) is 0.714. The van der Waals surface area contributed by atoms with Crippen molar-refractivity contribution in [2.24, 2.45) is 5.92 Å². The van der Waals surface area contributed by atoms with Gasteiger partial charge in [0.15, 0.2) is 6.10 Å². The Labute approximate surface area is 162 Å². The molecule has 0 fully saturated rings. The zero-order valence-corrected chi connectivity index (χ0v) is 17.2. The summed E-state index contributed by atoms with van der Waals surface area (Å²) in [7, 11) is 1.65. The molecule has 2 unspecified atom stereocenters. The Kier molecular flexibility index (Phi) is 7.28. The summed E-state index contributed by atoms with van der Waals surface area (Å²) in [4.78, 5) is 12.8. The van der Waals surface area contributed by atoms with Crippen molar-refractivity contribution in [2.75, 3.05) is 7.11 Å². The Morgan fingerprint density at radius 1 is 1.04 bits per heavy atom. The van der Waals surface area contributed by atoms with Gasteiger partial charge in [-0.05, 0) is 68.0 Å². The summed E-state index contributed by atoms with van der Waals surface area (Å²) in [5.74, 6) is 1.90. The Morgan fingerprint density at radius 3 is 2.30 bits per heavy atom. The van der Waals surface area contributed by atoms with E-state index in [0.717, 1.165) is 34.6 Å². The molecule has 0 bridgehead atoms. The highest BCUT2D eigenvalue weighted by Crippen LogP contribution is 2.25. The van der Waals surface area contributed by atoms with Gasteiger partial charge in [-0.1, -0.05) is 38.1 Å². The molecule has 0 aliphatic carbocycles. The molecule has 0 radical (unpaired) electrons. The molecule has 0 aliphatic rings. The predicted molar refractivity (Wildman–Crippen MR) is 109 cm³/mol. The van der Waals surface area contributed by atoms with Gasteiger partial charge >= 0.3 is 0 Å². The number of amides is 1. The molecule has 4 nitrogen and oxygen atoms in total. The van der Waals surface area contributed by atoms with Crippen LogP contribution in [0.15, 0.2) is 42.5 Å². The first-order valence-electron chi connectivity index (χ1n) is 9.48. The van der Waals surface area contributed by atoms with Crippen LogP contribution in [0.5, 0.6) is 11.5 Å². The normalized spacial score (nSPS) is 13.1. The van der Waals surface area contributed by atoms with Gasteiger partial charge < -0.3 is 14.8 Å². The second kappa shape index (κ2) is 9.45. The van der Waals surface area contributed by atoms with E-state index in [2.05, 4.69) is 19.2 Å². The van der Waals surface area contributed by atoms with Crippen molar-refractivity contribution in [1.29, 1.82) is 0 Å². The van der Waals surface area contributed by atoms with Crippen LogP contribution in [0.25, 0.3) is 0 Å². The first kappa shape index (κ1) is 20.8. The molecule has 1 amide bonds. The molecule has 2 aromatic carbocycles.